The van der Waals surface area contributed by atoms with Gasteiger partial charge in [-0.25, -0.2) is 4.98 Å². The molecule has 2 amide bonds. The number of hydrogen-bond acceptors (Lipinski definition) is 5. The van der Waals surface area contributed by atoms with Crippen LogP contribution < -0.4 is 10.6 Å². The fraction of sp³-hybridized carbons (Fsp3) is 0.304. The third-order valence-electron chi connectivity index (χ3n) is 5.28. The first-order valence-electron chi connectivity index (χ1n) is 10.1. The minimum Gasteiger partial charge on any atom is -0.441 e. The molecular weight excluding hydrogens is 451 g/mol. The number of carbonyl (C=O) groups excluding carboxylic acids is 2. The lowest BCUT2D eigenvalue weighted by Gasteiger charge is -2.20. The normalized spacial score (nSPS) is 16.0. The van der Waals surface area contributed by atoms with Crippen LogP contribution in [-0.4, -0.2) is 28.4 Å². The predicted octanol–water partition coefficient (Wildman–Crippen LogP) is 4.05. The van der Waals surface area contributed by atoms with Crippen LogP contribution in [0.2, 0.25) is 5.02 Å². The molecule has 2 atom stereocenters. The molecule has 0 aliphatic heterocycles. The van der Waals surface area contributed by atoms with E-state index in [9.17, 15) is 14.9 Å². The van der Waals surface area contributed by atoms with Gasteiger partial charge >= 0.3 is 0 Å². The van der Waals surface area contributed by atoms with Gasteiger partial charge in [0.05, 0.1) is 17.9 Å². The molecular formula is C23H20Cl2N4O3. The van der Waals surface area contributed by atoms with E-state index in [4.69, 9.17) is 27.6 Å². The van der Waals surface area contributed by atoms with Crippen LogP contribution >= 0.6 is 23.2 Å². The van der Waals surface area contributed by atoms with Crippen molar-refractivity contribution in [2.24, 2.45) is 0 Å². The molecule has 4 rings (SSSR count). The molecule has 0 radical (unpaired) electrons. The summed E-state index contributed by atoms with van der Waals surface area (Å²) in [5.74, 6) is -0.589. The molecule has 2 N–H and O–H groups in total. The van der Waals surface area contributed by atoms with Gasteiger partial charge < -0.3 is 15.1 Å². The topological polar surface area (TPSA) is 108 Å². The van der Waals surface area contributed by atoms with Gasteiger partial charge in [-0.05, 0) is 36.6 Å². The van der Waals surface area contributed by atoms with E-state index in [2.05, 4.69) is 21.7 Å². The highest BCUT2D eigenvalue weighted by molar-refractivity contribution is 6.31. The number of nitriles is 1. The van der Waals surface area contributed by atoms with Crippen LogP contribution in [0.5, 0.6) is 0 Å². The fourth-order valence-electron chi connectivity index (χ4n) is 3.33. The lowest BCUT2D eigenvalue weighted by molar-refractivity contribution is -0.129. The molecule has 7 nitrogen and oxygen atoms in total. The van der Waals surface area contributed by atoms with Gasteiger partial charge in [-0.15, -0.1) is 11.6 Å². The zero-order chi connectivity index (χ0) is 22.7. The molecule has 1 unspecified atom stereocenters. The van der Waals surface area contributed by atoms with Gasteiger partial charge in [-0.1, -0.05) is 41.9 Å². The molecule has 1 fully saturated rings. The number of nitrogens with one attached hydrogen (secondary N) is 2. The van der Waals surface area contributed by atoms with Crippen molar-refractivity contribution in [2.45, 2.75) is 42.6 Å². The van der Waals surface area contributed by atoms with Crippen LogP contribution in [0, 0.1) is 11.3 Å². The summed E-state index contributed by atoms with van der Waals surface area (Å²) in [6.45, 7) is 0. The monoisotopic (exact) mass is 470 g/mol. The van der Waals surface area contributed by atoms with Crippen molar-refractivity contribution < 1.29 is 14.0 Å². The number of aromatic nitrogens is 1. The zero-order valence-electron chi connectivity index (χ0n) is 17.0. The second kappa shape index (κ2) is 9.19. The van der Waals surface area contributed by atoms with Crippen LogP contribution in [0.4, 0.5) is 0 Å². The van der Waals surface area contributed by atoms with Gasteiger partial charge in [0.1, 0.15) is 17.1 Å². The Balaban J connectivity index is 1.49. The Morgan fingerprint density at radius 3 is 2.66 bits per heavy atom. The molecule has 1 saturated carbocycles. The average molecular weight is 471 g/mol. The molecule has 0 saturated heterocycles. The number of hydrogen-bond donors (Lipinski definition) is 2. The van der Waals surface area contributed by atoms with Crippen molar-refractivity contribution >= 4 is 46.1 Å². The Labute approximate surface area is 194 Å². The summed E-state index contributed by atoms with van der Waals surface area (Å²) >= 11 is 12.4. The van der Waals surface area contributed by atoms with Gasteiger partial charge in [0.2, 0.25) is 11.8 Å². The number of halogens is 2. The lowest BCUT2D eigenvalue weighted by atomic mass is 10.1. The second-order valence-electron chi connectivity index (χ2n) is 7.81. The predicted molar refractivity (Wildman–Crippen MR) is 120 cm³/mol. The Morgan fingerprint density at radius 1 is 1.22 bits per heavy atom. The molecule has 0 bridgehead atoms. The molecule has 1 aromatic heterocycles. The van der Waals surface area contributed by atoms with Crippen LogP contribution in [0.15, 0.2) is 52.9 Å². The quantitative estimate of drug-likeness (QED) is 0.482. The number of alkyl halides is 1. The number of carbonyl (C=O) groups is 2. The van der Waals surface area contributed by atoms with Crippen molar-refractivity contribution in [1.82, 2.24) is 15.6 Å². The van der Waals surface area contributed by atoms with Crippen molar-refractivity contribution in [3.05, 3.63) is 65.0 Å². The lowest BCUT2D eigenvalue weighted by Crippen LogP contribution is -2.51. The first-order valence-corrected chi connectivity index (χ1v) is 11.0. The Morgan fingerprint density at radius 2 is 1.97 bits per heavy atom. The summed E-state index contributed by atoms with van der Waals surface area (Å²) < 4.78 is 5.72. The number of fused-ring (bicyclic) bond motifs is 1. The molecule has 1 aliphatic carbocycles. The maximum absolute atomic E-state index is 12.9. The number of nitrogens with zero attached hydrogens (tertiary/aromatic N) is 2. The van der Waals surface area contributed by atoms with Crippen molar-refractivity contribution in [3.63, 3.8) is 0 Å². The van der Waals surface area contributed by atoms with E-state index in [-0.39, 0.29) is 18.7 Å². The van der Waals surface area contributed by atoms with E-state index in [1.807, 2.05) is 30.3 Å². The molecule has 1 heterocycles. The number of oxazole rings is 1. The summed E-state index contributed by atoms with van der Waals surface area (Å²) in [5.41, 5.74) is 1.02. The summed E-state index contributed by atoms with van der Waals surface area (Å²) in [4.78, 5) is 30.0. The van der Waals surface area contributed by atoms with Crippen LogP contribution in [-0.2, 0) is 16.0 Å². The standard InChI is InChI=1S/C23H20Cl2N4O3/c24-15-6-7-19-17(10-15)28-21(32-19)12-18(22(31)29-23(13-26)8-9-23)27-20(30)11-16(25)14-4-2-1-3-5-14/h1-7,10,16,18H,8-9,11-12H2,(H,27,30)(H,29,31)/t16-,18?/m0/s1. The summed E-state index contributed by atoms with van der Waals surface area (Å²) in [7, 11) is 0. The molecule has 164 valence electrons. The Hall–Kier alpha value is -3.08. The smallest absolute Gasteiger partial charge is 0.244 e. The van der Waals surface area contributed by atoms with Gasteiger partial charge in [-0.2, -0.15) is 5.26 Å². The van der Waals surface area contributed by atoms with E-state index in [0.29, 0.717) is 29.0 Å². The van der Waals surface area contributed by atoms with Crippen LogP contribution in [0.1, 0.15) is 36.1 Å². The van der Waals surface area contributed by atoms with Gasteiger partial charge in [0.25, 0.3) is 0 Å². The van der Waals surface area contributed by atoms with Crippen molar-refractivity contribution in [3.8, 4) is 6.07 Å². The first-order chi connectivity index (χ1) is 15.4. The maximum atomic E-state index is 12.9. The summed E-state index contributed by atoms with van der Waals surface area (Å²) in [5, 5.41) is 14.7. The number of amides is 2. The molecule has 2 aromatic carbocycles. The Bertz CT molecular complexity index is 1180. The number of rotatable bonds is 8. The number of benzene rings is 2. The van der Waals surface area contributed by atoms with Gasteiger partial charge in [-0.3, -0.25) is 9.59 Å². The minimum atomic E-state index is -0.975. The maximum Gasteiger partial charge on any atom is 0.244 e. The molecule has 9 heteroatoms. The SMILES string of the molecule is N#CC1(NC(=O)C(Cc2nc3cc(Cl)ccc3o2)NC(=O)C[C@H](Cl)c2ccccc2)CC1. The minimum absolute atomic E-state index is 0.0120. The summed E-state index contributed by atoms with van der Waals surface area (Å²) in [6, 6.07) is 15.4. The average Bonchev–Trinajstić information content (AvgIpc) is 3.44. The third kappa shape index (κ3) is 5.21. The largest absolute Gasteiger partial charge is 0.441 e. The van der Waals surface area contributed by atoms with Crippen molar-refractivity contribution in [2.75, 3.05) is 0 Å². The van der Waals surface area contributed by atoms with Crippen molar-refractivity contribution in [1.29, 1.82) is 5.26 Å². The summed E-state index contributed by atoms with van der Waals surface area (Å²) in [6.07, 6.45) is 1.16. The van der Waals surface area contributed by atoms with E-state index in [0.717, 1.165) is 5.56 Å². The van der Waals surface area contributed by atoms with Gasteiger partial charge in [0.15, 0.2) is 11.5 Å². The van der Waals surface area contributed by atoms with E-state index in [1.54, 1.807) is 18.2 Å². The highest BCUT2D eigenvalue weighted by atomic mass is 35.5. The molecule has 1 aliphatic rings. The van der Waals surface area contributed by atoms with Crippen LogP contribution in [0.3, 0.4) is 0 Å². The van der Waals surface area contributed by atoms with E-state index in [1.165, 1.54) is 0 Å². The Kier molecular flexibility index (Phi) is 6.35. The highest BCUT2D eigenvalue weighted by Crippen LogP contribution is 2.34. The highest BCUT2D eigenvalue weighted by Gasteiger charge is 2.45. The first kappa shape index (κ1) is 22.1. The molecule has 0 spiro atoms. The molecule has 32 heavy (non-hydrogen) atoms. The zero-order valence-corrected chi connectivity index (χ0v) is 18.5. The molecule has 3 aromatic rings. The fourth-order valence-corrected chi connectivity index (χ4v) is 3.78. The van der Waals surface area contributed by atoms with Crippen LogP contribution in [0.25, 0.3) is 11.1 Å². The van der Waals surface area contributed by atoms with E-state index >= 15 is 0 Å². The third-order valence-corrected chi connectivity index (χ3v) is 5.92. The van der Waals surface area contributed by atoms with E-state index < -0.39 is 28.8 Å². The van der Waals surface area contributed by atoms with Gasteiger partial charge in [0, 0.05) is 11.4 Å². The second-order valence-corrected chi connectivity index (χ2v) is 8.77.